The van der Waals surface area contributed by atoms with E-state index in [2.05, 4.69) is 10.2 Å². The first-order valence-corrected chi connectivity index (χ1v) is 14.3. The molecule has 2 aromatic carbocycles. The van der Waals surface area contributed by atoms with Crippen molar-refractivity contribution in [1.82, 2.24) is 15.2 Å². The molecule has 0 bridgehead atoms. The van der Waals surface area contributed by atoms with E-state index in [0.717, 1.165) is 18.5 Å². The molecule has 1 fully saturated rings. The number of carboxylic acid groups (broad SMARTS) is 1. The van der Waals surface area contributed by atoms with Crippen molar-refractivity contribution < 1.29 is 24.2 Å². The number of carboxylic acids is 1. The summed E-state index contributed by atoms with van der Waals surface area (Å²) in [4.78, 5) is 32.6. The zero-order valence-electron chi connectivity index (χ0n) is 23.9. The smallest absolute Gasteiger partial charge is 0.329 e. The van der Waals surface area contributed by atoms with Crippen LogP contribution >= 0.6 is 35.6 Å². The molecule has 0 radical (unpaired) electrons. The number of rotatable bonds is 11. The van der Waals surface area contributed by atoms with E-state index < -0.39 is 17.4 Å². The number of nitrogens with zero attached hydrogens (tertiary/aromatic N) is 2. The highest BCUT2D eigenvalue weighted by molar-refractivity contribution is 6.33. The molecule has 8 nitrogen and oxygen atoms in total. The molecule has 1 aliphatic carbocycles. The predicted molar refractivity (Wildman–Crippen MR) is 168 cm³/mol. The van der Waals surface area contributed by atoms with E-state index in [9.17, 15) is 14.7 Å². The SMILES string of the molecule is COC1CCC(NC(=O)c2ccc(-c3ccccc3Cl)c(-c3ccc(Cl)c(OCCCN(C)C)c3)n2)(C(=O)O)CC1.Cl. The molecule has 42 heavy (non-hydrogen) atoms. The van der Waals surface area contributed by atoms with E-state index in [1.165, 1.54) is 0 Å². The molecule has 1 saturated carbocycles. The van der Waals surface area contributed by atoms with Gasteiger partial charge in [0.25, 0.3) is 5.91 Å². The zero-order valence-corrected chi connectivity index (χ0v) is 26.2. The molecule has 0 unspecified atom stereocenters. The summed E-state index contributed by atoms with van der Waals surface area (Å²) in [6, 6.07) is 16.1. The quantitative estimate of drug-likeness (QED) is 0.228. The Balaban J connectivity index is 0.00000484. The van der Waals surface area contributed by atoms with E-state index in [4.69, 9.17) is 37.7 Å². The lowest BCUT2D eigenvalue weighted by Gasteiger charge is -2.36. The second kappa shape index (κ2) is 15.0. The Hall–Kier alpha value is -2.88. The van der Waals surface area contributed by atoms with Crippen LogP contribution in [0.1, 0.15) is 42.6 Å². The van der Waals surface area contributed by atoms with Gasteiger partial charge in [-0.25, -0.2) is 9.78 Å². The fourth-order valence-electron chi connectivity index (χ4n) is 5.02. The number of pyridine rings is 1. The second-order valence-electron chi connectivity index (χ2n) is 10.5. The maximum atomic E-state index is 13.5. The third kappa shape index (κ3) is 7.94. The van der Waals surface area contributed by atoms with Crippen molar-refractivity contribution in [3.8, 4) is 28.1 Å². The first kappa shape index (κ1) is 33.6. The number of hydrogen-bond acceptors (Lipinski definition) is 6. The van der Waals surface area contributed by atoms with Gasteiger partial charge in [0, 0.05) is 35.4 Å². The molecule has 0 atom stereocenters. The van der Waals surface area contributed by atoms with Gasteiger partial charge in [-0.1, -0.05) is 47.5 Å². The van der Waals surface area contributed by atoms with Gasteiger partial charge in [-0.15, -0.1) is 12.4 Å². The molecule has 4 rings (SSSR count). The van der Waals surface area contributed by atoms with Gasteiger partial charge < -0.3 is 24.8 Å². The maximum absolute atomic E-state index is 13.5. The van der Waals surface area contributed by atoms with Crippen molar-refractivity contribution in [3.05, 3.63) is 70.3 Å². The van der Waals surface area contributed by atoms with Gasteiger partial charge in [0.2, 0.25) is 0 Å². The molecule has 0 spiro atoms. The van der Waals surface area contributed by atoms with Gasteiger partial charge in [0.1, 0.15) is 17.0 Å². The highest BCUT2D eigenvalue weighted by atomic mass is 35.5. The molecule has 11 heteroatoms. The van der Waals surface area contributed by atoms with Crippen molar-refractivity contribution in [3.63, 3.8) is 0 Å². The molecule has 2 N–H and O–H groups in total. The van der Waals surface area contributed by atoms with Crippen LogP contribution in [0.2, 0.25) is 10.0 Å². The number of amides is 1. The minimum absolute atomic E-state index is 0. The van der Waals surface area contributed by atoms with Crippen LogP contribution < -0.4 is 10.1 Å². The number of carbonyl (C=O) groups is 2. The molecular weight excluding hydrogens is 601 g/mol. The van der Waals surface area contributed by atoms with E-state index in [0.29, 0.717) is 52.1 Å². The van der Waals surface area contributed by atoms with Gasteiger partial charge in [0.15, 0.2) is 0 Å². The highest BCUT2D eigenvalue weighted by Crippen LogP contribution is 2.38. The fraction of sp³-hybridized carbons (Fsp3) is 0.387. The number of carbonyl (C=O) groups excluding carboxylic acids is 1. The number of benzene rings is 2. The molecule has 1 aromatic heterocycles. The minimum Gasteiger partial charge on any atom is -0.492 e. The number of nitrogens with one attached hydrogen (secondary N) is 1. The average molecular weight is 637 g/mol. The van der Waals surface area contributed by atoms with Crippen LogP contribution in [0.25, 0.3) is 22.4 Å². The Morgan fingerprint density at radius 1 is 1.05 bits per heavy atom. The Labute approximate surface area is 262 Å². The van der Waals surface area contributed by atoms with E-state index in [1.54, 1.807) is 37.4 Å². The number of methoxy groups -OCH3 is 1. The molecule has 3 aromatic rings. The molecule has 0 saturated heterocycles. The summed E-state index contributed by atoms with van der Waals surface area (Å²) in [5, 5.41) is 13.8. The molecule has 1 amide bonds. The van der Waals surface area contributed by atoms with E-state index in [1.807, 2.05) is 38.4 Å². The van der Waals surface area contributed by atoms with Crippen molar-refractivity contribution >= 4 is 47.5 Å². The molecule has 226 valence electrons. The number of hydrogen-bond donors (Lipinski definition) is 2. The highest BCUT2D eigenvalue weighted by Gasteiger charge is 2.43. The van der Waals surface area contributed by atoms with Gasteiger partial charge in [-0.2, -0.15) is 0 Å². The van der Waals surface area contributed by atoms with Crippen molar-refractivity contribution in [2.75, 3.05) is 34.4 Å². The van der Waals surface area contributed by atoms with Crippen LogP contribution in [0.4, 0.5) is 0 Å². The van der Waals surface area contributed by atoms with Gasteiger partial charge >= 0.3 is 5.97 Å². The Morgan fingerprint density at radius 3 is 2.40 bits per heavy atom. The third-order valence-electron chi connectivity index (χ3n) is 7.39. The minimum atomic E-state index is -1.39. The summed E-state index contributed by atoms with van der Waals surface area (Å²) in [5.74, 6) is -1.13. The average Bonchev–Trinajstić information content (AvgIpc) is 2.96. The lowest BCUT2D eigenvalue weighted by molar-refractivity contribution is -0.147. The summed E-state index contributed by atoms with van der Waals surface area (Å²) in [6.45, 7) is 1.35. The van der Waals surface area contributed by atoms with Gasteiger partial charge in [-0.3, -0.25) is 4.79 Å². The van der Waals surface area contributed by atoms with Crippen LogP contribution in [-0.2, 0) is 9.53 Å². The number of halogens is 3. The largest absolute Gasteiger partial charge is 0.492 e. The summed E-state index contributed by atoms with van der Waals surface area (Å²) >= 11 is 13.0. The Bertz CT molecular complexity index is 1390. The molecule has 1 heterocycles. The first-order valence-electron chi connectivity index (χ1n) is 13.6. The summed E-state index contributed by atoms with van der Waals surface area (Å²) in [7, 11) is 5.61. The molecule has 1 aliphatic rings. The first-order chi connectivity index (χ1) is 19.6. The lowest BCUT2D eigenvalue weighted by atomic mass is 9.80. The zero-order chi connectivity index (χ0) is 29.6. The van der Waals surface area contributed by atoms with Crippen LogP contribution in [0.3, 0.4) is 0 Å². The number of aromatic nitrogens is 1. The molecular formula is C31H36Cl3N3O5. The van der Waals surface area contributed by atoms with Crippen LogP contribution in [0.5, 0.6) is 5.75 Å². The summed E-state index contributed by atoms with van der Waals surface area (Å²) < 4.78 is 11.4. The lowest BCUT2D eigenvalue weighted by Crippen LogP contribution is -2.57. The Morgan fingerprint density at radius 2 is 1.76 bits per heavy atom. The fourth-order valence-corrected chi connectivity index (χ4v) is 5.43. The third-order valence-corrected chi connectivity index (χ3v) is 8.03. The van der Waals surface area contributed by atoms with Crippen molar-refractivity contribution in [2.24, 2.45) is 0 Å². The van der Waals surface area contributed by atoms with Crippen LogP contribution in [0, 0.1) is 0 Å². The van der Waals surface area contributed by atoms with Crippen molar-refractivity contribution in [2.45, 2.75) is 43.7 Å². The van der Waals surface area contributed by atoms with E-state index in [-0.39, 0.29) is 37.0 Å². The monoisotopic (exact) mass is 635 g/mol. The summed E-state index contributed by atoms with van der Waals surface area (Å²) in [6.07, 6.45) is 2.40. The number of ether oxygens (including phenoxy) is 2. The van der Waals surface area contributed by atoms with Gasteiger partial charge in [0.05, 0.1) is 23.4 Å². The topological polar surface area (TPSA) is 101 Å². The summed E-state index contributed by atoms with van der Waals surface area (Å²) in [5.41, 5.74) is 1.33. The molecule has 0 aliphatic heterocycles. The van der Waals surface area contributed by atoms with E-state index >= 15 is 0 Å². The number of aliphatic carboxylic acids is 1. The Kier molecular flexibility index (Phi) is 12.0. The van der Waals surface area contributed by atoms with Crippen molar-refractivity contribution in [1.29, 1.82) is 0 Å². The maximum Gasteiger partial charge on any atom is 0.329 e. The predicted octanol–water partition coefficient (Wildman–Crippen LogP) is 6.62. The van der Waals surface area contributed by atoms with Gasteiger partial charge in [-0.05, 0) is 76.5 Å². The van der Waals surface area contributed by atoms with Crippen LogP contribution in [-0.4, -0.2) is 72.9 Å². The standard InChI is InChI=1S/C31H35Cl2N3O5.ClH/c1-36(2)17-6-18-41-27-19-20(9-11-25(27)33)28-23(22-7-4-5-8-24(22)32)10-12-26(34-28)29(37)35-31(30(38)39)15-13-21(40-3)14-16-31;/h4-5,7-12,19,21H,6,13-18H2,1-3H3,(H,35,37)(H,38,39);1H. The second-order valence-corrected chi connectivity index (χ2v) is 11.3. The van der Waals surface area contributed by atoms with Crippen LogP contribution in [0.15, 0.2) is 54.6 Å². The normalized spacial score (nSPS) is 18.3.